The number of nitrogens with zero attached hydrogens (tertiary/aromatic N) is 1. The number of anilines is 1. The van der Waals surface area contributed by atoms with E-state index in [1.165, 1.54) is 0 Å². The van der Waals surface area contributed by atoms with Gasteiger partial charge in [-0.25, -0.2) is 13.1 Å². The maximum Gasteiger partial charge on any atom is 0.251 e. The molecule has 0 spiro atoms. The topological polar surface area (TPSA) is 78.5 Å². The fourth-order valence-electron chi connectivity index (χ4n) is 3.03. The van der Waals surface area contributed by atoms with Crippen LogP contribution in [0.1, 0.15) is 10.4 Å². The Labute approximate surface area is 175 Å². The van der Waals surface area contributed by atoms with E-state index in [9.17, 15) is 13.2 Å². The van der Waals surface area contributed by atoms with Gasteiger partial charge in [-0.1, -0.05) is 35.9 Å². The van der Waals surface area contributed by atoms with Gasteiger partial charge in [-0.15, -0.1) is 0 Å². The van der Waals surface area contributed by atoms with Crippen LogP contribution in [0.2, 0.25) is 5.02 Å². The minimum absolute atomic E-state index is 0.0748. The molecule has 29 heavy (non-hydrogen) atoms. The lowest BCUT2D eigenvalue weighted by Gasteiger charge is -2.17. The number of carbonyl (C=O) groups is 1. The van der Waals surface area contributed by atoms with E-state index in [2.05, 4.69) is 10.0 Å². The zero-order valence-corrected chi connectivity index (χ0v) is 17.7. The van der Waals surface area contributed by atoms with Crippen molar-refractivity contribution in [1.82, 2.24) is 10.0 Å². The highest BCUT2D eigenvalue weighted by atomic mass is 35.5. The summed E-state index contributed by atoms with van der Waals surface area (Å²) in [5.74, 6) is -0.290. The van der Waals surface area contributed by atoms with Crippen molar-refractivity contribution in [3.63, 3.8) is 0 Å². The molecule has 0 aromatic heterocycles. The summed E-state index contributed by atoms with van der Waals surface area (Å²) in [6.07, 6.45) is 0. The summed E-state index contributed by atoms with van der Waals surface area (Å²) in [7, 11) is 0.0937. The second-order valence-electron chi connectivity index (χ2n) is 6.68. The molecule has 0 fully saturated rings. The van der Waals surface area contributed by atoms with Gasteiger partial charge in [-0.05, 0) is 36.4 Å². The van der Waals surface area contributed by atoms with Gasteiger partial charge in [0.1, 0.15) is 0 Å². The molecule has 0 saturated heterocycles. The van der Waals surface area contributed by atoms with Gasteiger partial charge >= 0.3 is 0 Å². The van der Waals surface area contributed by atoms with Crippen molar-refractivity contribution in [3.05, 3.63) is 71.2 Å². The van der Waals surface area contributed by atoms with Crippen LogP contribution >= 0.6 is 11.6 Å². The molecule has 2 N–H and O–H groups in total. The third kappa shape index (κ3) is 4.87. The second-order valence-corrected chi connectivity index (χ2v) is 8.86. The van der Waals surface area contributed by atoms with E-state index in [-0.39, 0.29) is 23.9 Å². The zero-order chi connectivity index (χ0) is 21.0. The number of carbonyl (C=O) groups excluding carboxylic acids is 1. The van der Waals surface area contributed by atoms with Gasteiger partial charge in [0.25, 0.3) is 5.91 Å². The quantitative estimate of drug-likeness (QED) is 0.563. The summed E-state index contributed by atoms with van der Waals surface area (Å²) >= 11 is 5.81. The Morgan fingerprint density at radius 2 is 1.59 bits per heavy atom. The molecular formula is C21H22ClN3O3S. The predicted octanol–water partition coefficient (Wildman–Crippen LogP) is 3.27. The van der Waals surface area contributed by atoms with Gasteiger partial charge in [-0.2, -0.15) is 0 Å². The Hall–Kier alpha value is -2.61. The van der Waals surface area contributed by atoms with Crippen molar-refractivity contribution < 1.29 is 13.2 Å². The average Bonchev–Trinajstić information content (AvgIpc) is 2.70. The van der Waals surface area contributed by atoms with Crippen molar-refractivity contribution in [3.8, 4) is 0 Å². The number of hydrogen-bond donors (Lipinski definition) is 2. The van der Waals surface area contributed by atoms with Crippen LogP contribution in [0.25, 0.3) is 10.8 Å². The van der Waals surface area contributed by atoms with Crippen molar-refractivity contribution >= 4 is 44.0 Å². The van der Waals surface area contributed by atoms with Gasteiger partial charge in [0.15, 0.2) is 0 Å². The Morgan fingerprint density at radius 3 is 2.28 bits per heavy atom. The van der Waals surface area contributed by atoms with Crippen molar-refractivity contribution in [2.75, 3.05) is 32.1 Å². The Kier molecular flexibility index (Phi) is 6.42. The Morgan fingerprint density at radius 1 is 0.931 bits per heavy atom. The fourth-order valence-corrected chi connectivity index (χ4v) is 4.41. The number of halogens is 1. The lowest BCUT2D eigenvalue weighted by atomic mass is 10.1. The molecule has 0 aliphatic heterocycles. The molecule has 0 bridgehead atoms. The monoisotopic (exact) mass is 431 g/mol. The Bertz CT molecular complexity index is 1130. The van der Waals surface area contributed by atoms with Crippen molar-refractivity contribution in [2.24, 2.45) is 0 Å². The summed E-state index contributed by atoms with van der Waals surface area (Å²) in [4.78, 5) is 14.2. The molecule has 152 valence electrons. The number of nitrogens with one attached hydrogen (secondary N) is 2. The molecule has 0 aliphatic rings. The highest BCUT2D eigenvalue weighted by Crippen LogP contribution is 2.29. The van der Waals surface area contributed by atoms with Crippen LogP contribution in [0.3, 0.4) is 0 Å². The van der Waals surface area contributed by atoms with Gasteiger partial charge in [0, 0.05) is 54.2 Å². The summed E-state index contributed by atoms with van der Waals surface area (Å²) in [6.45, 7) is 0.236. The van der Waals surface area contributed by atoms with Gasteiger partial charge in [0.2, 0.25) is 10.0 Å². The lowest BCUT2D eigenvalue weighted by Crippen LogP contribution is -2.34. The first-order chi connectivity index (χ1) is 13.8. The maximum absolute atomic E-state index is 12.8. The maximum atomic E-state index is 12.8. The first-order valence-electron chi connectivity index (χ1n) is 9.02. The molecule has 0 saturated carbocycles. The molecule has 1 amide bonds. The third-order valence-corrected chi connectivity index (χ3v) is 6.21. The van der Waals surface area contributed by atoms with Crippen LogP contribution in [0.15, 0.2) is 65.6 Å². The van der Waals surface area contributed by atoms with Gasteiger partial charge in [-0.3, -0.25) is 4.79 Å². The smallest absolute Gasteiger partial charge is 0.251 e. The summed E-state index contributed by atoms with van der Waals surface area (Å²) in [5.41, 5.74) is 1.40. The molecule has 0 radical (unpaired) electrons. The number of amides is 1. The van der Waals surface area contributed by atoms with E-state index < -0.39 is 10.0 Å². The zero-order valence-electron chi connectivity index (χ0n) is 16.1. The molecule has 8 heteroatoms. The van der Waals surface area contributed by atoms with Crippen LogP contribution < -0.4 is 14.9 Å². The fraction of sp³-hybridized carbons (Fsp3) is 0.190. The number of fused-ring (bicyclic) bond motifs is 1. The molecule has 6 nitrogen and oxygen atoms in total. The largest absolute Gasteiger partial charge is 0.377 e. The second kappa shape index (κ2) is 8.82. The molecule has 0 unspecified atom stereocenters. The van der Waals surface area contributed by atoms with Crippen LogP contribution in [0.4, 0.5) is 5.69 Å². The lowest BCUT2D eigenvalue weighted by molar-refractivity contribution is 0.0954. The highest BCUT2D eigenvalue weighted by Gasteiger charge is 2.18. The summed E-state index contributed by atoms with van der Waals surface area (Å²) in [5, 5.41) is 4.74. The van der Waals surface area contributed by atoms with Gasteiger partial charge in [0.05, 0.1) is 4.90 Å². The minimum atomic E-state index is -3.73. The van der Waals surface area contributed by atoms with E-state index >= 15 is 0 Å². The summed E-state index contributed by atoms with van der Waals surface area (Å²) < 4.78 is 28.2. The molecule has 0 aliphatic carbocycles. The van der Waals surface area contributed by atoms with Crippen LogP contribution in [0.5, 0.6) is 0 Å². The van der Waals surface area contributed by atoms with Crippen molar-refractivity contribution in [2.45, 2.75) is 4.90 Å². The number of hydrogen-bond acceptors (Lipinski definition) is 4. The molecular weight excluding hydrogens is 410 g/mol. The van der Waals surface area contributed by atoms with Crippen LogP contribution in [0, 0.1) is 0 Å². The van der Waals surface area contributed by atoms with E-state index in [0.717, 1.165) is 11.1 Å². The average molecular weight is 432 g/mol. The normalized spacial score (nSPS) is 11.4. The van der Waals surface area contributed by atoms with Crippen LogP contribution in [-0.4, -0.2) is 41.5 Å². The number of rotatable bonds is 7. The van der Waals surface area contributed by atoms with Crippen molar-refractivity contribution in [1.29, 1.82) is 0 Å². The van der Waals surface area contributed by atoms with E-state index in [4.69, 9.17) is 11.6 Å². The molecule has 3 aromatic carbocycles. The molecule has 3 aromatic rings. The third-order valence-electron chi connectivity index (χ3n) is 4.44. The van der Waals surface area contributed by atoms with E-state index in [1.807, 2.05) is 37.2 Å². The SMILES string of the molecule is CN(C)c1cccc2c(S(=O)(=O)NCCNC(=O)c3ccc(Cl)cc3)cccc12. The number of sulfonamides is 1. The molecule has 3 rings (SSSR count). The highest BCUT2D eigenvalue weighted by molar-refractivity contribution is 7.89. The summed E-state index contributed by atoms with van der Waals surface area (Å²) in [6, 6.07) is 17.3. The predicted molar refractivity (Wildman–Crippen MR) is 117 cm³/mol. The standard InChI is InChI=1S/C21H22ClN3O3S/c1-25(2)19-7-3-6-18-17(19)5-4-8-20(18)29(27,28)24-14-13-23-21(26)15-9-11-16(22)12-10-15/h3-12,24H,13-14H2,1-2H3,(H,23,26). The Balaban J connectivity index is 1.69. The van der Waals surface area contributed by atoms with E-state index in [0.29, 0.717) is 16.0 Å². The molecule has 0 atom stereocenters. The molecule has 0 heterocycles. The van der Waals surface area contributed by atoms with Gasteiger partial charge < -0.3 is 10.2 Å². The minimum Gasteiger partial charge on any atom is -0.377 e. The first kappa shape index (κ1) is 21.1. The van der Waals surface area contributed by atoms with Crippen LogP contribution in [-0.2, 0) is 10.0 Å². The number of benzene rings is 3. The first-order valence-corrected chi connectivity index (χ1v) is 10.9. The van der Waals surface area contributed by atoms with E-state index in [1.54, 1.807) is 42.5 Å².